The van der Waals surface area contributed by atoms with E-state index in [0.29, 0.717) is 37.2 Å². The monoisotopic (exact) mass is 416 g/mol. The summed E-state index contributed by atoms with van der Waals surface area (Å²) in [6, 6.07) is 5.68. The lowest BCUT2D eigenvalue weighted by Crippen LogP contribution is -2.31. The van der Waals surface area contributed by atoms with E-state index in [-0.39, 0.29) is 5.69 Å². The van der Waals surface area contributed by atoms with Gasteiger partial charge < -0.3 is 20.1 Å². The van der Waals surface area contributed by atoms with Crippen LogP contribution in [-0.4, -0.2) is 47.1 Å². The highest BCUT2D eigenvalue weighted by Gasteiger charge is 2.16. The van der Waals surface area contributed by atoms with Crippen LogP contribution in [-0.2, 0) is 19.5 Å². The third-order valence-corrected chi connectivity index (χ3v) is 4.90. The van der Waals surface area contributed by atoms with Gasteiger partial charge in [0.2, 0.25) is 0 Å². The van der Waals surface area contributed by atoms with Crippen molar-refractivity contribution in [3.63, 3.8) is 0 Å². The molecule has 0 aliphatic carbocycles. The van der Waals surface area contributed by atoms with Crippen molar-refractivity contribution >= 4 is 11.6 Å². The smallest absolute Gasteiger partial charge is 0.345 e. The second kappa shape index (κ2) is 10.7. The molecule has 9 nitrogen and oxygen atoms in total. The number of aryl methyl sites for hydroxylation is 2. The molecule has 2 aromatic rings. The summed E-state index contributed by atoms with van der Waals surface area (Å²) in [5.41, 5.74) is 0.855. The summed E-state index contributed by atoms with van der Waals surface area (Å²) in [6.45, 7) is 7.21. The molecule has 9 heteroatoms. The second-order valence-electron chi connectivity index (χ2n) is 7.07. The van der Waals surface area contributed by atoms with Crippen molar-refractivity contribution in [1.29, 1.82) is 0 Å². The molecule has 0 radical (unpaired) electrons. The molecule has 1 aromatic heterocycles. The molecule has 0 amide bonds. The summed E-state index contributed by atoms with van der Waals surface area (Å²) in [5.74, 6) is 2.97. The van der Waals surface area contributed by atoms with Crippen molar-refractivity contribution in [2.24, 2.45) is 4.99 Å². The summed E-state index contributed by atoms with van der Waals surface area (Å²) in [5, 5.41) is 11.0. The molecule has 0 atom stereocenters. The third-order valence-electron chi connectivity index (χ3n) is 4.90. The van der Waals surface area contributed by atoms with Crippen LogP contribution in [0.4, 0.5) is 5.69 Å². The van der Waals surface area contributed by atoms with E-state index in [1.165, 1.54) is 0 Å². The standard InChI is InChI=1S/C21H32N6O3/c1-4-22-20(24-16-10-11-17(30-5-2)18(15-16)29-3)23-12-8-14-27-21(28)26-13-7-6-9-19(26)25-27/h10-11,15H,4-9,12-14H2,1-3H3,(H2,22,23,24). The van der Waals surface area contributed by atoms with E-state index in [0.717, 1.165) is 50.3 Å². The molecule has 0 fully saturated rings. The van der Waals surface area contributed by atoms with Gasteiger partial charge in [-0.15, -0.1) is 0 Å². The fourth-order valence-corrected chi connectivity index (χ4v) is 3.47. The average Bonchev–Trinajstić information content (AvgIpc) is 3.08. The molecule has 0 bridgehead atoms. The van der Waals surface area contributed by atoms with E-state index < -0.39 is 0 Å². The molecule has 30 heavy (non-hydrogen) atoms. The van der Waals surface area contributed by atoms with Gasteiger partial charge in [0.1, 0.15) is 5.82 Å². The Morgan fingerprint density at radius 2 is 2.13 bits per heavy atom. The fourth-order valence-electron chi connectivity index (χ4n) is 3.47. The number of fused-ring (bicyclic) bond motifs is 1. The van der Waals surface area contributed by atoms with E-state index in [4.69, 9.17) is 9.47 Å². The number of aromatic nitrogens is 3. The van der Waals surface area contributed by atoms with Gasteiger partial charge in [-0.2, -0.15) is 5.10 Å². The number of hydrogen-bond donors (Lipinski definition) is 2. The Balaban J connectivity index is 1.60. The molecule has 0 unspecified atom stereocenters. The molecule has 2 N–H and O–H groups in total. The number of nitrogens with one attached hydrogen (secondary N) is 2. The van der Waals surface area contributed by atoms with Crippen molar-refractivity contribution in [3.8, 4) is 11.5 Å². The lowest BCUT2D eigenvalue weighted by Gasteiger charge is -2.14. The van der Waals surface area contributed by atoms with E-state index >= 15 is 0 Å². The number of methoxy groups -OCH3 is 1. The summed E-state index contributed by atoms with van der Waals surface area (Å²) in [4.78, 5) is 17.0. The number of rotatable bonds is 9. The van der Waals surface area contributed by atoms with Crippen LogP contribution in [0.2, 0.25) is 0 Å². The summed E-state index contributed by atoms with van der Waals surface area (Å²) in [6.07, 6.45) is 3.78. The number of guanidine groups is 1. The molecule has 1 aliphatic heterocycles. The molecule has 2 heterocycles. The SMILES string of the molecule is CCNC(=NCCCn1nc2n(c1=O)CCCC2)Nc1ccc(OCC)c(OC)c1. The van der Waals surface area contributed by atoms with Crippen LogP contribution in [0.25, 0.3) is 0 Å². The van der Waals surface area contributed by atoms with Crippen LogP contribution < -0.4 is 25.8 Å². The number of aliphatic imine (C=N–C) groups is 1. The Hall–Kier alpha value is -2.97. The highest BCUT2D eigenvalue weighted by atomic mass is 16.5. The first-order valence-electron chi connectivity index (χ1n) is 10.7. The van der Waals surface area contributed by atoms with E-state index in [1.807, 2.05) is 32.0 Å². The topological polar surface area (TPSA) is 94.7 Å². The number of ether oxygens (including phenoxy) is 2. The fraction of sp³-hybridized carbons (Fsp3) is 0.571. The lowest BCUT2D eigenvalue weighted by molar-refractivity contribution is 0.311. The van der Waals surface area contributed by atoms with Crippen molar-refractivity contribution < 1.29 is 9.47 Å². The van der Waals surface area contributed by atoms with E-state index in [9.17, 15) is 4.79 Å². The van der Waals surface area contributed by atoms with Gasteiger partial charge in [0.25, 0.3) is 0 Å². The van der Waals surface area contributed by atoms with Crippen molar-refractivity contribution in [3.05, 3.63) is 34.5 Å². The summed E-state index contributed by atoms with van der Waals surface area (Å²) in [7, 11) is 1.62. The zero-order chi connectivity index (χ0) is 21.3. The number of hydrogen-bond acceptors (Lipinski definition) is 5. The van der Waals surface area contributed by atoms with Crippen LogP contribution in [0.3, 0.4) is 0 Å². The Morgan fingerprint density at radius 1 is 1.27 bits per heavy atom. The van der Waals surface area contributed by atoms with Gasteiger partial charge in [0, 0.05) is 44.4 Å². The molecule has 0 saturated carbocycles. The molecule has 164 valence electrons. The molecule has 0 saturated heterocycles. The highest BCUT2D eigenvalue weighted by Crippen LogP contribution is 2.30. The molecule has 3 rings (SSSR count). The highest BCUT2D eigenvalue weighted by molar-refractivity contribution is 5.93. The minimum absolute atomic E-state index is 0.000180. The van der Waals surface area contributed by atoms with Gasteiger partial charge in [-0.25, -0.2) is 9.48 Å². The minimum atomic E-state index is 0.000180. The van der Waals surface area contributed by atoms with Crippen LogP contribution >= 0.6 is 0 Å². The van der Waals surface area contributed by atoms with Gasteiger partial charge in [-0.3, -0.25) is 9.56 Å². The van der Waals surface area contributed by atoms with Gasteiger partial charge in [-0.1, -0.05) is 0 Å². The minimum Gasteiger partial charge on any atom is -0.493 e. The Kier molecular flexibility index (Phi) is 7.75. The lowest BCUT2D eigenvalue weighted by atomic mass is 10.2. The maximum absolute atomic E-state index is 12.4. The average molecular weight is 417 g/mol. The van der Waals surface area contributed by atoms with Gasteiger partial charge >= 0.3 is 5.69 Å². The van der Waals surface area contributed by atoms with Crippen LogP contribution in [0, 0.1) is 0 Å². The number of nitrogens with zero attached hydrogens (tertiary/aromatic N) is 4. The molecular weight excluding hydrogens is 384 g/mol. The van der Waals surface area contributed by atoms with E-state index in [2.05, 4.69) is 20.7 Å². The Labute approximate surface area is 177 Å². The summed E-state index contributed by atoms with van der Waals surface area (Å²) >= 11 is 0. The molecule has 1 aliphatic rings. The third kappa shape index (κ3) is 5.34. The van der Waals surface area contributed by atoms with Gasteiger partial charge in [0.05, 0.1) is 13.7 Å². The summed E-state index contributed by atoms with van der Waals surface area (Å²) < 4.78 is 14.3. The maximum Gasteiger partial charge on any atom is 0.345 e. The zero-order valence-corrected chi connectivity index (χ0v) is 18.1. The predicted octanol–water partition coefficient (Wildman–Crippen LogP) is 2.26. The normalized spacial score (nSPS) is 13.6. The first kappa shape index (κ1) is 21.7. The van der Waals surface area contributed by atoms with Crippen LogP contribution in [0.15, 0.2) is 28.0 Å². The quantitative estimate of drug-likeness (QED) is 0.370. The van der Waals surface area contributed by atoms with Crippen LogP contribution in [0.5, 0.6) is 11.5 Å². The Morgan fingerprint density at radius 3 is 2.87 bits per heavy atom. The first-order chi connectivity index (χ1) is 14.7. The largest absolute Gasteiger partial charge is 0.493 e. The molecule has 1 aromatic carbocycles. The molecular formula is C21H32N6O3. The Bertz CT molecular complexity index is 918. The van der Waals surface area contributed by atoms with Gasteiger partial charge in [-0.05, 0) is 45.2 Å². The number of benzene rings is 1. The predicted molar refractivity (Wildman–Crippen MR) is 118 cm³/mol. The van der Waals surface area contributed by atoms with Crippen molar-refractivity contribution in [2.45, 2.75) is 52.6 Å². The van der Waals surface area contributed by atoms with Gasteiger partial charge in [0.15, 0.2) is 17.5 Å². The number of anilines is 1. The van der Waals surface area contributed by atoms with Crippen molar-refractivity contribution in [2.75, 3.05) is 32.1 Å². The van der Waals surface area contributed by atoms with Crippen LogP contribution in [0.1, 0.15) is 38.9 Å². The van der Waals surface area contributed by atoms with Crippen molar-refractivity contribution in [1.82, 2.24) is 19.7 Å². The molecule has 0 spiro atoms. The zero-order valence-electron chi connectivity index (χ0n) is 18.1. The van der Waals surface area contributed by atoms with E-state index in [1.54, 1.807) is 16.4 Å². The maximum atomic E-state index is 12.4. The second-order valence-corrected chi connectivity index (χ2v) is 7.07. The first-order valence-corrected chi connectivity index (χ1v) is 10.7.